The Kier molecular flexibility index (Phi) is 3.55. The van der Waals surface area contributed by atoms with Crippen molar-refractivity contribution in [1.29, 1.82) is 0 Å². The van der Waals surface area contributed by atoms with E-state index in [2.05, 4.69) is 15.3 Å². The highest BCUT2D eigenvalue weighted by Crippen LogP contribution is 2.12. The van der Waals surface area contributed by atoms with Gasteiger partial charge in [-0.25, -0.2) is 9.97 Å². The van der Waals surface area contributed by atoms with Crippen LogP contribution in [0.4, 0.5) is 5.82 Å². The summed E-state index contributed by atoms with van der Waals surface area (Å²) in [4.78, 5) is 19.6. The molecule has 2 aromatic heterocycles. The summed E-state index contributed by atoms with van der Waals surface area (Å²) < 4.78 is 0. The second-order valence-corrected chi connectivity index (χ2v) is 4.58. The van der Waals surface area contributed by atoms with Gasteiger partial charge in [-0.1, -0.05) is 11.6 Å². The lowest BCUT2D eigenvalue weighted by molar-refractivity contribution is 0.0951. The third-order valence-electron chi connectivity index (χ3n) is 1.96. The number of carbonyl (C=O) groups excluding carboxylic acids is 1. The van der Waals surface area contributed by atoms with Crippen molar-refractivity contribution in [3.8, 4) is 0 Å². The summed E-state index contributed by atoms with van der Waals surface area (Å²) in [6.07, 6.45) is 1.69. The van der Waals surface area contributed by atoms with Crippen molar-refractivity contribution in [3.05, 3.63) is 39.4 Å². The molecule has 0 unspecified atom stereocenters. The van der Waals surface area contributed by atoms with Gasteiger partial charge in [0.2, 0.25) is 0 Å². The van der Waals surface area contributed by atoms with Gasteiger partial charge in [0.25, 0.3) is 5.91 Å². The van der Waals surface area contributed by atoms with Gasteiger partial charge in [0.05, 0.1) is 6.54 Å². The van der Waals surface area contributed by atoms with Crippen LogP contribution in [0.1, 0.15) is 15.4 Å². The van der Waals surface area contributed by atoms with Crippen LogP contribution in [0.25, 0.3) is 0 Å². The number of anilines is 1. The van der Waals surface area contributed by atoms with Crippen molar-refractivity contribution in [2.75, 3.05) is 5.73 Å². The maximum absolute atomic E-state index is 11.8. The summed E-state index contributed by atoms with van der Waals surface area (Å²) in [7, 11) is 0. The van der Waals surface area contributed by atoms with Gasteiger partial charge in [-0.3, -0.25) is 4.79 Å². The third kappa shape index (κ3) is 3.15. The molecule has 0 bridgehead atoms. The Bertz CT molecular complexity index is 509. The van der Waals surface area contributed by atoms with Crippen LogP contribution in [0, 0.1) is 0 Å². The average Bonchev–Trinajstić information content (AvgIpc) is 2.77. The molecule has 0 atom stereocenters. The third-order valence-corrected chi connectivity index (χ3v) is 2.93. The van der Waals surface area contributed by atoms with Crippen molar-refractivity contribution >= 4 is 34.7 Å². The largest absolute Gasteiger partial charge is 0.384 e. The Morgan fingerprint density at radius 3 is 3.00 bits per heavy atom. The van der Waals surface area contributed by atoms with Crippen LogP contribution in [-0.4, -0.2) is 15.9 Å². The Morgan fingerprint density at radius 1 is 1.53 bits per heavy atom. The molecule has 0 aromatic carbocycles. The maximum Gasteiger partial charge on any atom is 0.251 e. The second-order valence-electron chi connectivity index (χ2n) is 3.21. The summed E-state index contributed by atoms with van der Waals surface area (Å²) >= 11 is 7.19. The number of nitrogens with zero attached hydrogens (tertiary/aromatic N) is 2. The highest BCUT2D eigenvalue weighted by molar-refractivity contribution is 7.09. The number of nitrogen functional groups attached to an aromatic ring is 1. The van der Waals surface area contributed by atoms with E-state index >= 15 is 0 Å². The average molecular weight is 269 g/mol. The van der Waals surface area contributed by atoms with E-state index in [0.717, 1.165) is 5.01 Å². The number of thiazole rings is 1. The number of rotatable bonds is 3. The number of pyridine rings is 1. The number of nitrogens with one attached hydrogen (secondary N) is 1. The topological polar surface area (TPSA) is 80.9 Å². The predicted octanol–water partition coefficient (Wildman–Crippen LogP) is 1.70. The second kappa shape index (κ2) is 5.11. The number of halogens is 1. The van der Waals surface area contributed by atoms with Crippen molar-refractivity contribution in [2.45, 2.75) is 6.54 Å². The van der Waals surface area contributed by atoms with E-state index < -0.39 is 0 Å². The van der Waals surface area contributed by atoms with Gasteiger partial charge in [-0.2, -0.15) is 0 Å². The summed E-state index contributed by atoms with van der Waals surface area (Å²) in [6, 6.07) is 2.94. The van der Waals surface area contributed by atoms with E-state index in [4.69, 9.17) is 17.3 Å². The Labute approximate surface area is 107 Å². The molecule has 0 aliphatic heterocycles. The van der Waals surface area contributed by atoms with Gasteiger partial charge in [0.15, 0.2) is 0 Å². The SMILES string of the molecule is Nc1cc(C(=O)NCc2nccs2)cc(Cl)n1. The molecule has 3 N–H and O–H groups in total. The van der Waals surface area contributed by atoms with E-state index in [9.17, 15) is 4.79 Å². The van der Waals surface area contributed by atoms with E-state index in [1.165, 1.54) is 23.5 Å². The van der Waals surface area contributed by atoms with Gasteiger partial charge in [-0.05, 0) is 12.1 Å². The Hall–Kier alpha value is -1.66. The smallest absolute Gasteiger partial charge is 0.251 e. The lowest BCUT2D eigenvalue weighted by Gasteiger charge is -2.04. The molecule has 1 amide bonds. The van der Waals surface area contributed by atoms with Crippen molar-refractivity contribution in [1.82, 2.24) is 15.3 Å². The molecule has 2 heterocycles. The van der Waals surface area contributed by atoms with Gasteiger partial charge in [-0.15, -0.1) is 11.3 Å². The molecule has 2 rings (SSSR count). The first-order valence-electron chi connectivity index (χ1n) is 4.75. The van der Waals surface area contributed by atoms with Gasteiger partial charge in [0.1, 0.15) is 16.0 Å². The summed E-state index contributed by atoms with van der Waals surface area (Å²) in [5.74, 6) is -0.0342. The van der Waals surface area contributed by atoms with Crippen LogP contribution >= 0.6 is 22.9 Å². The minimum Gasteiger partial charge on any atom is -0.384 e. The molecule has 0 spiro atoms. The van der Waals surface area contributed by atoms with E-state index in [1.54, 1.807) is 6.20 Å². The molecular weight excluding hydrogens is 260 g/mol. The molecule has 0 fully saturated rings. The monoisotopic (exact) mass is 268 g/mol. The molecule has 0 aliphatic rings. The number of hydrogen-bond donors (Lipinski definition) is 2. The zero-order valence-corrected chi connectivity index (χ0v) is 10.3. The molecule has 2 aromatic rings. The van der Waals surface area contributed by atoms with Crippen LogP contribution in [0.2, 0.25) is 5.15 Å². The number of hydrogen-bond acceptors (Lipinski definition) is 5. The lowest BCUT2D eigenvalue weighted by Crippen LogP contribution is -2.22. The van der Waals surface area contributed by atoms with E-state index in [0.29, 0.717) is 12.1 Å². The number of carbonyl (C=O) groups is 1. The fourth-order valence-electron chi connectivity index (χ4n) is 1.25. The van der Waals surface area contributed by atoms with E-state index in [-0.39, 0.29) is 16.9 Å². The highest BCUT2D eigenvalue weighted by atomic mass is 35.5. The molecular formula is C10H9ClN4OS. The van der Waals surface area contributed by atoms with Crippen molar-refractivity contribution < 1.29 is 4.79 Å². The fourth-order valence-corrected chi connectivity index (χ4v) is 2.02. The van der Waals surface area contributed by atoms with Crippen LogP contribution in [0.5, 0.6) is 0 Å². The minimum absolute atomic E-state index is 0.199. The summed E-state index contributed by atoms with van der Waals surface area (Å²) in [6.45, 7) is 0.385. The fraction of sp³-hybridized carbons (Fsp3) is 0.100. The zero-order valence-electron chi connectivity index (χ0n) is 8.68. The Morgan fingerprint density at radius 2 is 2.35 bits per heavy atom. The summed E-state index contributed by atoms with van der Waals surface area (Å²) in [5.41, 5.74) is 5.89. The molecule has 5 nitrogen and oxygen atoms in total. The highest BCUT2D eigenvalue weighted by Gasteiger charge is 2.08. The van der Waals surface area contributed by atoms with Gasteiger partial charge < -0.3 is 11.1 Å². The molecule has 17 heavy (non-hydrogen) atoms. The molecule has 0 saturated heterocycles. The van der Waals surface area contributed by atoms with Crippen LogP contribution in [0.3, 0.4) is 0 Å². The van der Waals surface area contributed by atoms with Gasteiger partial charge >= 0.3 is 0 Å². The van der Waals surface area contributed by atoms with Crippen LogP contribution < -0.4 is 11.1 Å². The predicted molar refractivity (Wildman–Crippen MR) is 66.9 cm³/mol. The first kappa shape index (κ1) is 11.8. The Balaban J connectivity index is 2.04. The van der Waals surface area contributed by atoms with Crippen molar-refractivity contribution in [3.63, 3.8) is 0 Å². The lowest BCUT2D eigenvalue weighted by atomic mass is 10.2. The van der Waals surface area contributed by atoms with Crippen LogP contribution in [0.15, 0.2) is 23.7 Å². The summed E-state index contributed by atoms with van der Waals surface area (Å²) in [5, 5.41) is 5.61. The quantitative estimate of drug-likeness (QED) is 0.831. The maximum atomic E-state index is 11.8. The van der Waals surface area contributed by atoms with Gasteiger partial charge in [0, 0.05) is 17.1 Å². The van der Waals surface area contributed by atoms with Crippen molar-refractivity contribution in [2.24, 2.45) is 0 Å². The zero-order chi connectivity index (χ0) is 12.3. The molecule has 0 radical (unpaired) electrons. The molecule has 7 heteroatoms. The first-order chi connectivity index (χ1) is 8.15. The standard InChI is InChI=1S/C10H9ClN4OS/c11-7-3-6(4-8(12)15-7)10(16)14-5-9-13-1-2-17-9/h1-4H,5H2,(H2,12,15)(H,14,16). The normalized spacial score (nSPS) is 10.2. The number of amides is 1. The minimum atomic E-state index is -0.254. The van der Waals surface area contributed by atoms with Crippen LogP contribution in [-0.2, 0) is 6.54 Å². The molecule has 0 saturated carbocycles. The molecule has 88 valence electrons. The molecule has 0 aliphatic carbocycles. The number of nitrogens with two attached hydrogens (primary N) is 1. The first-order valence-corrected chi connectivity index (χ1v) is 6.00. The number of aromatic nitrogens is 2. The van der Waals surface area contributed by atoms with E-state index in [1.807, 2.05) is 5.38 Å².